The van der Waals surface area contributed by atoms with Crippen LogP contribution in [0.5, 0.6) is 0 Å². The molecule has 0 aromatic carbocycles. The number of aliphatic hydroxyl groups is 1. The van der Waals surface area contributed by atoms with Crippen molar-refractivity contribution in [1.82, 2.24) is 5.32 Å². The molecule has 2 nitrogen and oxygen atoms in total. The summed E-state index contributed by atoms with van der Waals surface area (Å²) in [6, 6.07) is 0. The van der Waals surface area contributed by atoms with E-state index in [1.54, 1.807) is 0 Å². The molecule has 1 aliphatic heterocycles. The lowest BCUT2D eigenvalue weighted by Gasteiger charge is -2.25. The van der Waals surface area contributed by atoms with Crippen molar-refractivity contribution in [3.05, 3.63) is 0 Å². The van der Waals surface area contributed by atoms with E-state index in [0.717, 1.165) is 19.0 Å². The Morgan fingerprint density at radius 3 is 2.60 bits per heavy atom. The summed E-state index contributed by atoms with van der Waals surface area (Å²) in [6.45, 7) is 4.68. The van der Waals surface area contributed by atoms with E-state index in [1.165, 1.54) is 6.42 Å². The molecule has 10 heavy (non-hydrogen) atoms. The van der Waals surface area contributed by atoms with E-state index in [-0.39, 0.29) is 12.4 Å². The maximum atomic E-state index is 8.77. The number of piperidine rings is 1. The van der Waals surface area contributed by atoms with E-state index < -0.39 is 0 Å². The summed E-state index contributed by atoms with van der Waals surface area (Å²) in [7, 11) is 0. The topological polar surface area (TPSA) is 32.3 Å². The zero-order chi connectivity index (χ0) is 6.69. The molecule has 3 heteroatoms. The van der Waals surface area contributed by atoms with Gasteiger partial charge in [-0.3, -0.25) is 0 Å². The van der Waals surface area contributed by atoms with Crippen molar-refractivity contribution in [2.24, 2.45) is 11.8 Å². The molecule has 0 unspecified atom stereocenters. The molecule has 0 aromatic heterocycles. The molecule has 1 saturated heterocycles. The highest BCUT2D eigenvalue weighted by molar-refractivity contribution is 5.85. The van der Waals surface area contributed by atoms with Crippen molar-refractivity contribution in [3.8, 4) is 0 Å². The minimum absolute atomic E-state index is 0. The molecule has 2 atom stereocenters. The van der Waals surface area contributed by atoms with Crippen LogP contribution in [-0.2, 0) is 0 Å². The summed E-state index contributed by atoms with van der Waals surface area (Å²) in [5, 5.41) is 12.0. The molecule has 1 aliphatic rings. The molecule has 1 fully saturated rings. The van der Waals surface area contributed by atoms with Crippen LogP contribution in [0.2, 0.25) is 0 Å². The predicted molar refractivity (Wildman–Crippen MR) is 44.5 cm³/mol. The van der Waals surface area contributed by atoms with Gasteiger partial charge in [-0.25, -0.2) is 0 Å². The Kier molecular flexibility index (Phi) is 5.04. The number of nitrogens with one attached hydrogen (secondary N) is 1. The van der Waals surface area contributed by atoms with Gasteiger partial charge in [0.1, 0.15) is 0 Å². The Balaban J connectivity index is 0.000000810. The zero-order valence-corrected chi connectivity index (χ0v) is 7.16. The Hall–Kier alpha value is 0.210. The van der Waals surface area contributed by atoms with Gasteiger partial charge >= 0.3 is 0 Å². The van der Waals surface area contributed by atoms with Gasteiger partial charge in [-0.2, -0.15) is 0 Å². The normalized spacial score (nSPS) is 33.0. The van der Waals surface area contributed by atoms with Crippen molar-refractivity contribution < 1.29 is 5.11 Å². The average Bonchev–Trinajstić information content (AvgIpc) is 1.88. The van der Waals surface area contributed by atoms with E-state index in [2.05, 4.69) is 12.2 Å². The van der Waals surface area contributed by atoms with Gasteiger partial charge in [0.2, 0.25) is 0 Å². The second kappa shape index (κ2) is 4.94. The quantitative estimate of drug-likeness (QED) is 0.598. The second-order valence-electron chi connectivity index (χ2n) is 3.05. The lowest BCUT2D eigenvalue weighted by molar-refractivity contribution is 0.177. The summed E-state index contributed by atoms with van der Waals surface area (Å²) in [5.74, 6) is 1.25. The monoisotopic (exact) mass is 165 g/mol. The lowest BCUT2D eigenvalue weighted by Crippen LogP contribution is -2.36. The fraction of sp³-hybridized carbons (Fsp3) is 1.00. The summed E-state index contributed by atoms with van der Waals surface area (Å²) in [6.07, 6.45) is 1.18. The first-order valence-corrected chi connectivity index (χ1v) is 3.64. The third-order valence-electron chi connectivity index (χ3n) is 1.92. The Labute approximate surface area is 68.4 Å². The lowest BCUT2D eigenvalue weighted by atomic mass is 9.93. The van der Waals surface area contributed by atoms with Crippen LogP contribution in [0.25, 0.3) is 0 Å². The van der Waals surface area contributed by atoms with Crippen molar-refractivity contribution in [3.63, 3.8) is 0 Å². The van der Waals surface area contributed by atoms with Crippen LogP contribution in [0.3, 0.4) is 0 Å². The highest BCUT2D eigenvalue weighted by atomic mass is 35.5. The molecular weight excluding hydrogens is 150 g/mol. The second-order valence-corrected chi connectivity index (χ2v) is 3.05. The van der Waals surface area contributed by atoms with Crippen molar-refractivity contribution in [2.75, 3.05) is 19.7 Å². The van der Waals surface area contributed by atoms with E-state index in [9.17, 15) is 0 Å². The van der Waals surface area contributed by atoms with Gasteiger partial charge in [0.05, 0.1) is 0 Å². The van der Waals surface area contributed by atoms with Gasteiger partial charge in [0.25, 0.3) is 0 Å². The number of halogens is 1. The molecule has 0 aliphatic carbocycles. The minimum Gasteiger partial charge on any atom is -0.396 e. The summed E-state index contributed by atoms with van der Waals surface area (Å²) < 4.78 is 0. The van der Waals surface area contributed by atoms with Crippen LogP contribution < -0.4 is 5.32 Å². The highest BCUT2D eigenvalue weighted by Gasteiger charge is 2.16. The molecule has 2 N–H and O–H groups in total. The Bertz CT molecular complexity index is 89.7. The molecule has 0 spiro atoms. The van der Waals surface area contributed by atoms with Crippen LogP contribution in [0, 0.1) is 11.8 Å². The summed E-state index contributed by atoms with van der Waals surface area (Å²) in [4.78, 5) is 0. The van der Waals surface area contributed by atoms with Crippen molar-refractivity contribution in [1.29, 1.82) is 0 Å². The summed E-state index contributed by atoms with van der Waals surface area (Å²) in [5.41, 5.74) is 0. The highest BCUT2D eigenvalue weighted by Crippen LogP contribution is 2.14. The summed E-state index contributed by atoms with van der Waals surface area (Å²) >= 11 is 0. The first-order valence-electron chi connectivity index (χ1n) is 3.64. The van der Waals surface area contributed by atoms with E-state index >= 15 is 0 Å². The molecule has 1 rings (SSSR count). The van der Waals surface area contributed by atoms with Gasteiger partial charge in [-0.1, -0.05) is 6.92 Å². The number of hydrogen-bond donors (Lipinski definition) is 2. The molecule has 0 aromatic rings. The van der Waals surface area contributed by atoms with Crippen LogP contribution in [0.15, 0.2) is 0 Å². The Morgan fingerprint density at radius 1 is 1.50 bits per heavy atom. The van der Waals surface area contributed by atoms with E-state index in [4.69, 9.17) is 5.11 Å². The van der Waals surface area contributed by atoms with E-state index in [1.807, 2.05) is 0 Å². The van der Waals surface area contributed by atoms with Gasteiger partial charge in [-0.15, -0.1) is 12.4 Å². The average molecular weight is 166 g/mol. The smallest absolute Gasteiger partial charge is 0.0471 e. The molecule has 0 amide bonds. The fourth-order valence-corrected chi connectivity index (χ4v) is 1.41. The standard InChI is InChI=1S/C7H15NO.ClH/c1-6-2-7(5-9)4-8-3-6;/h6-9H,2-5H2,1H3;1H/t6-,7+;/m1./s1. The Morgan fingerprint density at radius 2 is 2.20 bits per heavy atom. The fourth-order valence-electron chi connectivity index (χ4n) is 1.41. The van der Waals surface area contributed by atoms with Gasteiger partial charge in [-0.05, 0) is 24.8 Å². The van der Waals surface area contributed by atoms with Crippen LogP contribution in [0.4, 0.5) is 0 Å². The van der Waals surface area contributed by atoms with Crippen LogP contribution in [-0.4, -0.2) is 24.8 Å². The molecular formula is C7H16ClNO. The van der Waals surface area contributed by atoms with Crippen LogP contribution >= 0.6 is 12.4 Å². The first kappa shape index (κ1) is 10.2. The van der Waals surface area contributed by atoms with Gasteiger partial charge in [0, 0.05) is 13.2 Å². The minimum atomic E-state index is 0. The molecule has 62 valence electrons. The molecule has 1 heterocycles. The zero-order valence-electron chi connectivity index (χ0n) is 6.34. The first-order chi connectivity index (χ1) is 4.33. The van der Waals surface area contributed by atoms with Crippen LogP contribution in [0.1, 0.15) is 13.3 Å². The van der Waals surface area contributed by atoms with Crippen molar-refractivity contribution >= 4 is 12.4 Å². The van der Waals surface area contributed by atoms with Gasteiger partial charge in [0.15, 0.2) is 0 Å². The molecule has 0 radical (unpaired) electrons. The largest absolute Gasteiger partial charge is 0.396 e. The SMILES string of the molecule is C[C@H]1CNC[C@@H](CO)C1.Cl. The van der Waals surface area contributed by atoms with Gasteiger partial charge < -0.3 is 10.4 Å². The maximum Gasteiger partial charge on any atom is 0.0471 e. The predicted octanol–water partition coefficient (Wildman–Crippen LogP) is 0.646. The number of hydrogen-bond acceptors (Lipinski definition) is 2. The maximum absolute atomic E-state index is 8.77. The number of rotatable bonds is 1. The number of aliphatic hydroxyl groups excluding tert-OH is 1. The third-order valence-corrected chi connectivity index (χ3v) is 1.92. The van der Waals surface area contributed by atoms with E-state index in [0.29, 0.717) is 12.5 Å². The molecule has 0 saturated carbocycles. The molecule has 0 bridgehead atoms. The van der Waals surface area contributed by atoms with Crippen molar-refractivity contribution in [2.45, 2.75) is 13.3 Å². The third kappa shape index (κ3) is 2.86.